The first-order chi connectivity index (χ1) is 19.3. The molecule has 3 heterocycles. The van der Waals surface area contributed by atoms with Gasteiger partial charge in [-0.1, -0.05) is 66.7 Å². The molecular formula is C36H21NO2. The van der Waals surface area contributed by atoms with E-state index in [1.54, 1.807) is 0 Å². The summed E-state index contributed by atoms with van der Waals surface area (Å²) in [6.45, 7) is 0. The maximum Gasteiger partial charge on any atom is 0.137 e. The van der Waals surface area contributed by atoms with Crippen LogP contribution in [0.5, 0.6) is 0 Å². The number of rotatable bonds is 2. The molecule has 3 aromatic heterocycles. The monoisotopic (exact) mass is 499 g/mol. The van der Waals surface area contributed by atoms with Crippen LogP contribution < -0.4 is 0 Å². The summed E-state index contributed by atoms with van der Waals surface area (Å²) in [4.78, 5) is 0. The fourth-order valence-electron chi connectivity index (χ4n) is 6.19. The summed E-state index contributed by atoms with van der Waals surface area (Å²) in [6.07, 6.45) is 0. The maximum absolute atomic E-state index is 6.39. The van der Waals surface area contributed by atoms with Crippen LogP contribution in [0.25, 0.3) is 82.5 Å². The lowest BCUT2D eigenvalue weighted by Gasteiger charge is -2.07. The Morgan fingerprint density at radius 3 is 1.54 bits per heavy atom. The van der Waals surface area contributed by atoms with Gasteiger partial charge in [-0.2, -0.15) is 0 Å². The van der Waals surface area contributed by atoms with Crippen molar-refractivity contribution < 1.29 is 8.83 Å². The normalized spacial score (nSPS) is 12.1. The molecule has 0 aliphatic rings. The van der Waals surface area contributed by atoms with E-state index in [9.17, 15) is 0 Å². The second kappa shape index (κ2) is 7.62. The SMILES string of the molecule is c1ccc2c(c1)oc1ccc(-c3ccc4oc5cc(-n6c7ccccc7c7ccccc76)ccc5c4c3)cc12. The number of hydrogen-bond donors (Lipinski definition) is 0. The highest BCUT2D eigenvalue weighted by Gasteiger charge is 2.15. The zero-order chi connectivity index (χ0) is 25.5. The fraction of sp³-hybridized carbons (Fsp3) is 0. The molecule has 3 nitrogen and oxygen atoms in total. The third-order valence-corrected chi connectivity index (χ3v) is 8.00. The van der Waals surface area contributed by atoms with Gasteiger partial charge in [0.1, 0.15) is 22.3 Å². The van der Waals surface area contributed by atoms with Gasteiger partial charge in [0.2, 0.25) is 0 Å². The van der Waals surface area contributed by atoms with E-state index in [1.807, 2.05) is 12.1 Å². The Labute approximate surface area is 223 Å². The van der Waals surface area contributed by atoms with Crippen molar-refractivity contribution in [1.82, 2.24) is 4.57 Å². The largest absolute Gasteiger partial charge is 0.456 e. The van der Waals surface area contributed by atoms with Crippen LogP contribution in [0.2, 0.25) is 0 Å². The number of hydrogen-bond acceptors (Lipinski definition) is 2. The first-order valence-corrected chi connectivity index (χ1v) is 13.2. The van der Waals surface area contributed by atoms with Crippen molar-refractivity contribution in [2.24, 2.45) is 0 Å². The van der Waals surface area contributed by atoms with Gasteiger partial charge in [-0.15, -0.1) is 0 Å². The third-order valence-electron chi connectivity index (χ3n) is 8.00. The molecule has 0 N–H and O–H groups in total. The Balaban J connectivity index is 1.22. The fourth-order valence-corrected chi connectivity index (χ4v) is 6.19. The van der Waals surface area contributed by atoms with Gasteiger partial charge < -0.3 is 13.4 Å². The molecule has 0 aliphatic carbocycles. The lowest BCUT2D eigenvalue weighted by molar-refractivity contribution is 0.668. The van der Waals surface area contributed by atoms with Crippen LogP contribution >= 0.6 is 0 Å². The topological polar surface area (TPSA) is 31.2 Å². The predicted molar refractivity (Wildman–Crippen MR) is 161 cm³/mol. The molecule has 0 fully saturated rings. The van der Waals surface area contributed by atoms with Crippen LogP contribution in [0.15, 0.2) is 136 Å². The van der Waals surface area contributed by atoms with Gasteiger partial charge in [0, 0.05) is 44.1 Å². The lowest BCUT2D eigenvalue weighted by atomic mass is 10.0. The number of benzene rings is 6. The molecule has 39 heavy (non-hydrogen) atoms. The Kier molecular flexibility index (Phi) is 4.05. The molecule has 3 heteroatoms. The van der Waals surface area contributed by atoms with E-state index in [0.29, 0.717) is 0 Å². The smallest absolute Gasteiger partial charge is 0.137 e. The minimum atomic E-state index is 0.887. The summed E-state index contributed by atoms with van der Waals surface area (Å²) in [5.74, 6) is 0. The summed E-state index contributed by atoms with van der Waals surface area (Å²) in [5.41, 5.74) is 9.40. The summed E-state index contributed by atoms with van der Waals surface area (Å²) in [7, 11) is 0. The summed E-state index contributed by atoms with van der Waals surface area (Å²) in [6, 6.07) is 44.8. The Morgan fingerprint density at radius 2 is 0.872 bits per heavy atom. The van der Waals surface area contributed by atoms with Crippen molar-refractivity contribution in [2.75, 3.05) is 0 Å². The Hall–Kier alpha value is -5.28. The molecule has 9 aromatic rings. The van der Waals surface area contributed by atoms with E-state index >= 15 is 0 Å². The first kappa shape index (κ1) is 20.7. The van der Waals surface area contributed by atoms with Crippen molar-refractivity contribution in [3.63, 3.8) is 0 Å². The first-order valence-electron chi connectivity index (χ1n) is 13.2. The molecular weight excluding hydrogens is 478 g/mol. The number of furan rings is 2. The maximum atomic E-state index is 6.39. The van der Waals surface area contributed by atoms with Crippen LogP contribution in [0.1, 0.15) is 0 Å². The highest BCUT2D eigenvalue weighted by Crippen LogP contribution is 2.38. The minimum Gasteiger partial charge on any atom is -0.456 e. The van der Waals surface area contributed by atoms with Gasteiger partial charge in [-0.25, -0.2) is 0 Å². The van der Waals surface area contributed by atoms with Crippen molar-refractivity contribution in [1.29, 1.82) is 0 Å². The molecule has 0 saturated heterocycles. The number of para-hydroxylation sites is 3. The quantitative estimate of drug-likeness (QED) is 0.237. The summed E-state index contributed by atoms with van der Waals surface area (Å²) in [5, 5.41) is 7.02. The minimum absolute atomic E-state index is 0.887. The van der Waals surface area contributed by atoms with E-state index in [0.717, 1.165) is 60.7 Å². The Morgan fingerprint density at radius 1 is 0.359 bits per heavy atom. The average Bonchev–Trinajstić information content (AvgIpc) is 3.65. The highest BCUT2D eigenvalue weighted by molar-refractivity contribution is 6.11. The molecule has 0 atom stereocenters. The highest BCUT2D eigenvalue weighted by atomic mass is 16.3. The lowest BCUT2D eigenvalue weighted by Crippen LogP contribution is -1.93. The van der Waals surface area contributed by atoms with Crippen molar-refractivity contribution in [2.45, 2.75) is 0 Å². The molecule has 0 unspecified atom stereocenters. The van der Waals surface area contributed by atoms with Gasteiger partial charge in [0.05, 0.1) is 11.0 Å². The van der Waals surface area contributed by atoms with E-state index in [2.05, 4.69) is 120 Å². The van der Waals surface area contributed by atoms with Crippen molar-refractivity contribution in [3.8, 4) is 16.8 Å². The number of fused-ring (bicyclic) bond motifs is 9. The van der Waals surface area contributed by atoms with Crippen LogP contribution in [-0.2, 0) is 0 Å². The van der Waals surface area contributed by atoms with Crippen LogP contribution in [0.4, 0.5) is 0 Å². The van der Waals surface area contributed by atoms with E-state index < -0.39 is 0 Å². The average molecular weight is 500 g/mol. The van der Waals surface area contributed by atoms with E-state index in [1.165, 1.54) is 21.8 Å². The van der Waals surface area contributed by atoms with Gasteiger partial charge >= 0.3 is 0 Å². The van der Waals surface area contributed by atoms with E-state index in [4.69, 9.17) is 8.83 Å². The zero-order valence-corrected chi connectivity index (χ0v) is 20.9. The zero-order valence-electron chi connectivity index (χ0n) is 20.9. The van der Waals surface area contributed by atoms with E-state index in [-0.39, 0.29) is 0 Å². The third kappa shape index (κ3) is 2.93. The van der Waals surface area contributed by atoms with Gasteiger partial charge in [0.15, 0.2) is 0 Å². The molecule has 0 radical (unpaired) electrons. The van der Waals surface area contributed by atoms with Crippen LogP contribution in [-0.4, -0.2) is 4.57 Å². The molecule has 0 bridgehead atoms. The van der Waals surface area contributed by atoms with Gasteiger partial charge in [0.25, 0.3) is 0 Å². The standard InChI is InChI=1S/C36H21NO2/c1-4-10-31-25(7-1)26-8-2-5-11-32(26)37(31)24-15-16-28-30-20-23(14-18-35(30)39-36(28)21-24)22-13-17-34-29(19-22)27-9-3-6-12-33(27)38-34/h1-21H. The molecule has 182 valence electrons. The number of aromatic nitrogens is 1. The molecule has 6 aromatic carbocycles. The molecule has 0 saturated carbocycles. The Bertz CT molecular complexity index is 2350. The summed E-state index contributed by atoms with van der Waals surface area (Å²) >= 11 is 0. The second-order valence-electron chi connectivity index (χ2n) is 10.2. The van der Waals surface area contributed by atoms with Gasteiger partial charge in [-0.3, -0.25) is 0 Å². The molecule has 0 amide bonds. The van der Waals surface area contributed by atoms with Crippen molar-refractivity contribution in [3.05, 3.63) is 127 Å². The summed E-state index contributed by atoms with van der Waals surface area (Å²) < 4.78 is 14.8. The van der Waals surface area contributed by atoms with Gasteiger partial charge in [-0.05, 0) is 65.7 Å². The second-order valence-corrected chi connectivity index (χ2v) is 10.2. The number of nitrogens with zero attached hydrogens (tertiary/aromatic N) is 1. The van der Waals surface area contributed by atoms with Crippen LogP contribution in [0, 0.1) is 0 Å². The molecule has 9 rings (SSSR count). The molecule has 0 aliphatic heterocycles. The predicted octanol–water partition coefficient (Wildman–Crippen LogP) is 10.2. The van der Waals surface area contributed by atoms with Crippen LogP contribution in [0.3, 0.4) is 0 Å². The molecule has 0 spiro atoms. The van der Waals surface area contributed by atoms with Crippen molar-refractivity contribution >= 4 is 65.7 Å².